The number of halogens is 1. The highest BCUT2D eigenvalue weighted by atomic mass is 35.5. The van der Waals surface area contributed by atoms with Crippen LogP contribution in [0.1, 0.15) is 12.0 Å². The average Bonchev–Trinajstić information content (AvgIpc) is 2.74. The predicted molar refractivity (Wildman–Crippen MR) is 85.5 cm³/mol. The highest BCUT2D eigenvalue weighted by Crippen LogP contribution is 2.38. The molecule has 0 bridgehead atoms. The Morgan fingerprint density at radius 3 is 2.62 bits per heavy atom. The predicted octanol–water partition coefficient (Wildman–Crippen LogP) is 4.11. The lowest BCUT2D eigenvalue weighted by molar-refractivity contribution is 0.297. The molecule has 0 radical (unpaired) electrons. The van der Waals surface area contributed by atoms with Gasteiger partial charge >= 0.3 is 0 Å². The monoisotopic (exact) mass is 321 g/mol. The van der Waals surface area contributed by atoms with Gasteiger partial charge in [0.2, 0.25) is 0 Å². The quantitative estimate of drug-likeness (QED) is 0.924. The van der Waals surface area contributed by atoms with Crippen molar-refractivity contribution in [1.29, 1.82) is 0 Å². The summed E-state index contributed by atoms with van der Waals surface area (Å²) in [6, 6.07) is 11.9. The van der Waals surface area contributed by atoms with Crippen LogP contribution in [0, 0.1) is 0 Å². The number of rotatable bonds is 3. The van der Waals surface area contributed by atoms with Gasteiger partial charge in [-0.25, -0.2) is 0 Å². The summed E-state index contributed by atoms with van der Waals surface area (Å²) in [6.45, 7) is 1.88. The van der Waals surface area contributed by atoms with E-state index in [4.69, 9.17) is 26.8 Å². The lowest BCUT2D eigenvalue weighted by Gasteiger charge is -2.10. The van der Waals surface area contributed by atoms with Crippen molar-refractivity contribution in [3.8, 4) is 11.5 Å². The SMILES string of the molecule is NCc1ccc(Sc2ccc3c(c2)OCCCO3)c(Cl)c1. The van der Waals surface area contributed by atoms with E-state index in [-0.39, 0.29) is 0 Å². The van der Waals surface area contributed by atoms with E-state index < -0.39 is 0 Å². The van der Waals surface area contributed by atoms with Crippen molar-refractivity contribution in [2.24, 2.45) is 5.73 Å². The molecule has 3 nitrogen and oxygen atoms in total. The Bertz CT molecular complexity index is 648. The van der Waals surface area contributed by atoms with Gasteiger partial charge in [0.1, 0.15) is 0 Å². The van der Waals surface area contributed by atoms with E-state index in [1.54, 1.807) is 11.8 Å². The number of ether oxygens (including phenoxy) is 2. The molecule has 0 unspecified atom stereocenters. The minimum Gasteiger partial charge on any atom is -0.490 e. The van der Waals surface area contributed by atoms with Crippen molar-refractivity contribution in [2.45, 2.75) is 22.8 Å². The second-order valence-electron chi connectivity index (χ2n) is 4.73. The van der Waals surface area contributed by atoms with E-state index in [9.17, 15) is 0 Å². The van der Waals surface area contributed by atoms with Gasteiger partial charge in [0.15, 0.2) is 11.5 Å². The second kappa shape index (κ2) is 6.60. The van der Waals surface area contributed by atoms with E-state index in [1.165, 1.54) is 0 Å². The Kier molecular flexibility index (Phi) is 4.58. The van der Waals surface area contributed by atoms with Crippen LogP contribution < -0.4 is 15.2 Å². The molecule has 110 valence electrons. The zero-order valence-electron chi connectivity index (χ0n) is 11.5. The molecule has 3 rings (SSSR count). The Labute approximate surface area is 133 Å². The second-order valence-corrected chi connectivity index (χ2v) is 6.25. The van der Waals surface area contributed by atoms with Gasteiger partial charge in [-0.2, -0.15) is 0 Å². The van der Waals surface area contributed by atoms with Gasteiger partial charge < -0.3 is 15.2 Å². The third kappa shape index (κ3) is 3.46. The van der Waals surface area contributed by atoms with Crippen LogP contribution in [-0.4, -0.2) is 13.2 Å². The first-order chi connectivity index (χ1) is 10.3. The topological polar surface area (TPSA) is 44.5 Å². The maximum absolute atomic E-state index is 6.30. The Morgan fingerprint density at radius 2 is 1.86 bits per heavy atom. The molecule has 0 aliphatic carbocycles. The van der Waals surface area contributed by atoms with Crippen LogP contribution in [0.25, 0.3) is 0 Å². The highest BCUT2D eigenvalue weighted by Gasteiger charge is 2.12. The van der Waals surface area contributed by atoms with Crippen molar-refractivity contribution < 1.29 is 9.47 Å². The molecule has 0 saturated heterocycles. The van der Waals surface area contributed by atoms with E-state index in [0.717, 1.165) is 38.3 Å². The van der Waals surface area contributed by atoms with Crippen molar-refractivity contribution in [1.82, 2.24) is 0 Å². The smallest absolute Gasteiger partial charge is 0.162 e. The molecule has 0 spiro atoms. The first kappa shape index (κ1) is 14.6. The summed E-state index contributed by atoms with van der Waals surface area (Å²) < 4.78 is 11.3. The molecule has 21 heavy (non-hydrogen) atoms. The van der Waals surface area contributed by atoms with Gasteiger partial charge in [-0.3, -0.25) is 0 Å². The van der Waals surface area contributed by atoms with Crippen molar-refractivity contribution in [3.63, 3.8) is 0 Å². The summed E-state index contributed by atoms with van der Waals surface area (Å²) in [4.78, 5) is 2.07. The minimum atomic E-state index is 0.495. The Balaban J connectivity index is 1.83. The number of nitrogens with two attached hydrogens (primary N) is 1. The van der Waals surface area contributed by atoms with Gasteiger partial charge in [-0.15, -0.1) is 0 Å². The number of hydrogen-bond donors (Lipinski definition) is 1. The van der Waals surface area contributed by atoms with Gasteiger partial charge in [0.25, 0.3) is 0 Å². The summed E-state index contributed by atoms with van der Waals surface area (Å²) in [6.07, 6.45) is 0.906. The molecule has 2 aromatic rings. The fourth-order valence-electron chi connectivity index (χ4n) is 2.09. The maximum Gasteiger partial charge on any atom is 0.162 e. The van der Waals surface area contributed by atoms with Crippen LogP contribution >= 0.6 is 23.4 Å². The normalized spacial score (nSPS) is 13.8. The number of fused-ring (bicyclic) bond motifs is 1. The van der Waals surface area contributed by atoms with Gasteiger partial charge in [-0.1, -0.05) is 29.4 Å². The van der Waals surface area contributed by atoms with Crippen molar-refractivity contribution in [3.05, 3.63) is 47.0 Å². The zero-order chi connectivity index (χ0) is 14.7. The first-order valence-electron chi connectivity index (χ1n) is 6.82. The van der Waals surface area contributed by atoms with Crippen LogP contribution in [-0.2, 0) is 6.54 Å². The molecule has 1 aliphatic heterocycles. The molecule has 0 amide bonds. The largest absolute Gasteiger partial charge is 0.490 e. The first-order valence-corrected chi connectivity index (χ1v) is 8.02. The van der Waals surface area contributed by atoms with Crippen molar-refractivity contribution in [2.75, 3.05) is 13.2 Å². The summed E-state index contributed by atoms with van der Waals surface area (Å²) in [5, 5.41) is 0.718. The molecule has 5 heteroatoms. The van der Waals surface area contributed by atoms with Crippen LogP contribution in [0.15, 0.2) is 46.2 Å². The maximum atomic E-state index is 6.30. The van der Waals surface area contributed by atoms with E-state index in [2.05, 4.69) is 0 Å². The van der Waals surface area contributed by atoms with Gasteiger partial charge in [-0.05, 0) is 35.9 Å². The van der Waals surface area contributed by atoms with E-state index in [0.29, 0.717) is 19.8 Å². The third-order valence-corrected chi connectivity index (χ3v) is 4.67. The molecule has 1 aliphatic rings. The summed E-state index contributed by atoms with van der Waals surface area (Å²) in [7, 11) is 0. The summed E-state index contributed by atoms with van der Waals surface area (Å²) >= 11 is 7.90. The molecule has 0 atom stereocenters. The molecule has 0 fully saturated rings. The summed E-state index contributed by atoms with van der Waals surface area (Å²) in [5.41, 5.74) is 6.65. The van der Waals surface area contributed by atoms with Gasteiger partial charge in [0.05, 0.1) is 18.2 Å². The molecule has 2 N–H and O–H groups in total. The molecule has 2 aromatic carbocycles. The lowest BCUT2D eigenvalue weighted by Crippen LogP contribution is -1.97. The van der Waals surface area contributed by atoms with Crippen LogP contribution in [0.5, 0.6) is 11.5 Å². The molecule has 1 heterocycles. The van der Waals surface area contributed by atoms with Crippen LogP contribution in [0.2, 0.25) is 5.02 Å². The number of hydrogen-bond acceptors (Lipinski definition) is 4. The lowest BCUT2D eigenvalue weighted by atomic mass is 10.2. The fraction of sp³-hybridized carbons (Fsp3) is 0.250. The molecular formula is C16H16ClNO2S. The molecular weight excluding hydrogens is 306 g/mol. The van der Waals surface area contributed by atoms with Gasteiger partial charge in [0, 0.05) is 22.8 Å². The Morgan fingerprint density at radius 1 is 1.05 bits per heavy atom. The molecule has 0 aromatic heterocycles. The van der Waals surface area contributed by atoms with E-state index >= 15 is 0 Å². The standard InChI is InChI=1S/C16H16ClNO2S/c17-13-8-11(10-18)2-5-16(13)21-12-3-4-14-15(9-12)20-7-1-6-19-14/h2-5,8-9H,1,6-7,10,18H2. The van der Waals surface area contributed by atoms with Crippen LogP contribution in [0.4, 0.5) is 0 Å². The fourth-order valence-corrected chi connectivity index (χ4v) is 3.26. The van der Waals surface area contributed by atoms with E-state index in [1.807, 2.05) is 36.4 Å². The Hall–Kier alpha value is -1.36. The minimum absolute atomic E-state index is 0.495. The molecule has 0 saturated carbocycles. The average molecular weight is 322 g/mol. The highest BCUT2D eigenvalue weighted by molar-refractivity contribution is 7.99. The van der Waals surface area contributed by atoms with Crippen LogP contribution in [0.3, 0.4) is 0 Å². The number of benzene rings is 2. The van der Waals surface area contributed by atoms with Crippen molar-refractivity contribution >= 4 is 23.4 Å². The zero-order valence-corrected chi connectivity index (χ0v) is 13.0. The summed E-state index contributed by atoms with van der Waals surface area (Å²) in [5.74, 6) is 1.61. The third-order valence-electron chi connectivity index (χ3n) is 3.18.